The van der Waals surface area contributed by atoms with Crippen LogP contribution in [0.15, 0.2) is 29.0 Å². The van der Waals surface area contributed by atoms with Crippen LogP contribution in [0.25, 0.3) is 0 Å². The van der Waals surface area contributed by atoms with E-state index in [0.29, 0.717) is 25.4 Å². The number of benzene rings is 1. The zero-order valence-electron chi connectivity index (χ0n) is 10.1. The first kappa shape index (κ1) is 12.4. The van der Waals surface area contributed by atoms with Gasteiger partial charge < -0.3 is 19.7 Å². The molecule has 96 valence electrons. The molecule has 18 heavy (non-hydrogen) atoms. The Labute approximate surface area is 105 Å². The number of aromatic nitrogens is 2. The summed E-state index contributed by atoms with van der Waals surface area (Å²) in [5.41, 5.74) is 0.792. The van der Waals surface area contributed by atoms with Crippen LogP contribution < -0.4 is 10.1 Å². The zero-order valence-corrected chi connectivity index (χ0v) is 10.1. The van der Waals surface area contributed by atoms with Crippen molar-refractivity contribution < 1.29 is 14.4 Å². The highest BCUT2D eigenvalue weighted by Crippen LogP contribution is 2.22. The summed E-state index contributed by atoms with van der Waals surface area (Å²) < 4.78 is 9.98. The van der Waals surface area contributed by atoms with E-state index in [1.807, 2.05) is 0 Å². The van der Waals surface area contributed by atoms with Crippen molar-refractivity contribution in [3.05, 3.63) is 36.0 Å². The largest absolute Gasteiger partial charge is 0.508 e. The predicted octanol–water partition coefficient (Wildman–Crippen LogP) is 1.12. The Morgan fingerprint density at radius 3 is 3.06 bits per heavy atom. The maximum Gasteiger partial charge on any atom is 0.227 e. The van der Waals surface area contributed by atoms with Gasteiger partial charge in [0.15, 0.2) is 6.33 Å². The molecule has 0 aliphatic carbocycles. The quantitative estimate of drug-likeness (QED) is 0.747. The molecule has 0 spiro atoms. The standard InChI is InChI=1S/C12H15N3O3/c1-17-10-2-3-11(16)9(6-10)7-13-5-4-12-14-8-15-18-12/h2-3,6,8,13,16H,4-5,7H2,1H3. The highest BCUT2D eigenvalue weighted by atomic mass is 16.5. The van der Waals surface area contributed by atoms with Gasteiger partial charge in [0.1, 0.15) is 11.5 Å². The Bertz CT molecular complexity index is 485. The predicted molar refractivity (Wildman–Crippen MR) is 64.4 cm³/mol. The Morgan fingerprint density at radius 2 is 2.33 bits per heavy atom. The van der Waals surface area contributed by atoms with Gasteiger partial charge in [-0.2, -0.15) is 4.98 Å². The van der Waals surface area contributed by atoms with Crippen molar-refractivity contribution in [2.75, 3.05) is 13.7 Å². The molecule has 0 fully saturated rings. The van der Waals surface area contributed by atoms with Crippen LogP contribution in [0.3, 0.4) is 0 Å². The molecule has 2 rings (SSSR count). The van der Waals surface area contributed by atoms with Gasteiger partial charge in [0.05, 0.1) is 7.11 Å². The maximum atomic E-state index is 9.68. The van der Waals surface area contributed by atoms with Crippen LogP contribution in [0.5, 0.6) is 11.5 Å². The van der Waals surface area contributed by atoms with E-state index in [9.17, 15) is 5.11 Å². The summed E-state index contributed by atoms with van der Waals surface area (Å²) in [5.74, 6) is 1.57. The lowest BCUT2D eigenvalue weighted by Crippen LogP contribution is -2.16. The fourth-order valence-electron chi connectivity index (χ4n) is 1.55. The van der Waals surface area contributed by atoms with Crippen molar-refractivity contribution in [1.82, 2.24) is 15.5 Å². The number of hydrogen-bond acceptors (Lipinski definition) is 6. The first-order valence-electron chi connectivity index (χ1n) is 5.61. The number of rotatable bonds is 6. The number of hydrogen-bond donors (Lipinski definition) is 2. The van der Waals surface area contributed by atoms with Gasteiger partial charge >= 0.3 is 0 Å². The smallest absolute Gasteiger partial charge is 0.227 e. The second-order valence-corrected chi connectivity index (χ2v) is 3.76. The molecule has 0 saturated heterocycles. The highest BCUT2D eigenvalue weighted by molar-refractivity contribution is 5.39. The molecule has 1 heterocycles. The van der Waals surface area contributed by atoms with E-state index in [1.54, 1.807) is 25.3 Å². The van der Waals surface area contributed by atoms with Gasteiger partial charge in [-0.25, -0.2) is 0 Å². The Hall–Kier alpha value is -2.08. The molecule has 0 unspecified atom stereocenters. The summed E-state index contributed by atoms with van der Waals surface area (Å²) in [5, 5.41) is 16.4. The third-order valence-corrected chi connectivity index (χ3v) is 2.52. The zero-order chi connectivity index (χ0) is 12.8. The minimum Gasteiger partial charge on any atom is -0.508 e. The minimum atomic E-state index is 0.251. The second-order valence-electron chi connectivity index (χ2n) is 3.76. The monoisotopic (exact) mass is 249 g/mol. The van der Waals surface area contributed by atoms with Crippen LogP contribution >= 0.6 is 0 Å². The molecule has 0 aliphatic heterocycles. The van der Waals surface area contributed by atoms with Crippen molar-refractivity contribution in [3.63, 3.8) is 0 Å². The molecule has 0 aliphatic rings. The Morgan fingerprint density at radius 1 is 1.44 bits per heavy atom. The SMILES string of the molecule is COc1ccc(O)c(CNCCc2ncno2)c1. The Balaban J connectivity index is 1.82. The fraction of sp³-hybridized carbons (Fsp3) is 0.333. The van der Waals surface area contributed by atoms with Crippen LogP contribution in [0.2, 0.25) is 0 Å². The summed E-state index contributed by atoms with van der Waals surface area (Å²) in [7, 11) is 1.60. The van der Waals surface area contributed by atoms with Crippen LogP contribution in [-0.2, 0) is 13.0 Å². The van der Waals surface area contributed by atoms with Crippen LogP contribution in [0.1, 0.15) is 11.5 Å². The van der Waals surface area contributed by atoms with Crippen LogP contribution in [-0.4, -0.2) is 28.9 Å². The van der Waals surface area contributed by atoms with Gasteiger partial charge in [-0.15, -0.1) is 0 Å². The molecule has 0 bridgehead atoms. The molecule has 0 amide bonds. The van der Waals surface area contributed by atoms with Crippen molar-refractivity contribution >= 4 is 0 Å². The molecule has 2 aromatic rings. The molecule has 0 saturated carbocycles. The molecule has 0 radical (unpaired) electrons. The summed E-state index contributed by atoms with van der Waals surface area (Å²) >= 11 is 0. The van der Waals surface area contributed by atoms with E-state index < -0.39 is 0 Å². The number of phenolic OH excluding ortho intramolecular Hbond substituents is 1. The minimum absolute atomic E-state index is 0.251. The number of ether oxygens (including phenoxy) is 1. The van der Waals surface area contributed by atoms with Crippen molar-refractivity contribution in [3.8, 4) is 11.5 Å². The van der Waals surface area contributed by atoms with Crippen molar-refractivity contribution in [2.24, 2.45) is 0 Å². The van der Waals surface area contributed by atoms with Crippen LogP contribution in [0, 0.1) is 0 Å². The number of nitrogens with zero attached hydrogens (tertiary/aromatic N) is 2. The Kier molecular flexibility index (Phi) is 4.14. The van der Waals surface area contributed by atoms with Crippen molar-refractivity contribution in [1.29, 1.82) is 0 Å². The average molecular weight is 249 g/mol. The summed E-state index contributed by atoms with van der Waals surface area (Å²) in [6.45, 7) is 1.25. The van der Waals surface area contributed by atoms with Gasteiger partial charge in [-0.05, 0) is 18.2 Å². The first-order chi connectivity index (χ1) is 8.79. The van der Waals surface area contributed by atoms with Gasteiger partial charge in [-0.1, -0.05) is 5.16 Å². The van der Waals surface area contributed by atoms with Crippen molar-refractivity contribution in [2.45, 2.75) is 13.0 Å². The molecule has 6 heteroatoms. The lowest BCUT2D eigenvalue weighted by molar-refractivity contribution is 0.374. The molecular weight excluding hydrogens is 234 g/mol. The number of phenols is 1. The lowest BCUT2D eigenvalue weighted by Gasteiger charge is -2.08. The molecule has 1 aromatic carbocycles. The third kappa shape index (κ3) is 3.21. The number of aromatic hydroxyl groups is 1. The van der Waals surface area contributed by atoms with Crippen LogP contribution in [0.4, 0.5) is 0 Å². The lowest BCUT2D eigenvalue weighted by atomic mass is 10.2. The molecule has 0 atom stereocenters. The van der Waals surface area contributed by atoms with E-state index in [2.05, 4.69) is 15.5 Å². The number of nitrogens with one attached hydrogen (secondary N) is 1. The summed E-state index contributed by atoms with van der Waals surface area (Å²) in [6, 6.07) is 5.14. The number of methoxy groups -OCH3 is 1. The highest BCUT2D eigenvalue weighted by Gasteiger charge is 2.03. The van der Waals surface area contributed by atoms with Gasteiger partial charge in [0, 0.05) is 25.1 Å². The van der Waals surface area contributed by atoms with Gasteiger partial charge in [0.2, 0.25) is 5.89 Å². The molecule has 2 N–H and O–H groups in total. The normalized spacial score (nSPS) is 10.5. The maximum absolute atomic E-state index is 9.68. The molecular formula is C12H15N3O3. The summed E-state index contributed by atoms with van der Waals surface area (Å²) in [6.07, 6.45) is 2.04. The van der Waals surface area contributed by atoms with Gasteiger partial charge in [-0.3, -0.25) is 0 Å². The fourth-order valence-corrected chi connectivity index (χ4v) is 1.55. The third-order valence-electron chi connectivity index (χ3n) is 2.52. The van der Waals surface area contributed by atoms with E-state index in [-0.39, 0.29) is 5.75 Å². The van der Waals surface area contributed by atoms with E-state index in [0.717, 1.165) is 11.3 Å². The topological polar surface area (TPSA) is 80.4 Å². The summed E-state index contributed by atoms with van der Waals surface area (Å²) in [4.78, 5) is 3.92. The average Bonchev–Trinajstić information content (AvgIpc) is 2.89. The molecule has 1 aromatic heterocycles. The first-order valence-corrected chi connectivity index (χ1v) is 5.61. The van der Waals surface area contributed by atoms with E-state index >= 15 is 0 Å². The van der Waals surface area contributed by atoms with Gasteiger partial charge in [0.25, 0.3) is 0 Å². The van der Waals surface area contributed by atoms with E-state index in [4.69, 9.17) is 9.26 Å². The second kappa shape index (κ2) is 6.02. The van der Waals surface area contributed by atoms with E-state index in [1.165, 1.54) is 6.33 Å². The molecule has 6 nitrogen and oxygen atoms in total.